The third-order valence-corrected chi connectivity index (χ3v) is 4.15. The van der Waals surface area contributed by atoms with E-state index in [1.165, 1.54) is 0 Å². The van der Waals surface area contributed by atoms with E-state index >= 15 is 0 Å². The summed E-state index contributed by atoms with van der Waals surface area (Å²) < 4.78 is 16.8. The second-order valence-corrected chi connectivity index (χ2v) is 5.65. The van der Waals surface area contributed by atoms with Gasteiger partial charge in [0.05, 0.1) is 31.0 Å². The average molecular weight is 242 g/mol. The first kappa shape index (κ1) is 11.9. The second-order valence-electron chi connectivity index (χ2n) is 5.65. The van der Waals surface area contributed by atoms with E-state index in [1.54, 1.807) is 0 Å². The van der Waals surface area contributed by atoms with Crippen LogP contribution in [0.25, 0.3) is 0 Å². The van der Waals surface area contributed by atoms with E-state index in [2.05, 4.69) is 0 Å². The predicted molar refractivity (Wildman–Crippen MR) is 61.6 cm³/mol. The summed E-state index contributed by atoms with van der Waals surface area (Å²) in [5.74, 6) is 0. The van der Waals surface area contributed by atoms with Gasteiger partial charge in [0.15, 0.2) is 6.29 Å². The number of aliphatic hydroxyl groups is 1. The first-order chi connectivity index (χ1) is 8.23. The molecule has 2 bridgehead atoms. The Hall–Kier alpha value is -0.160. The van der Waals surface area contributed by atoms with Crippen molar-refractivity contribution < 1.29 is 19.3 Å². The lowest BCUT2D eigenvalue weighted by molar-refractivity contribution is -0.192. The van der Waals surface area contributed by atoms with E-state index in [0.717, 1.165) is 58.2 Å². The molecule has 4 nitrogen and oxygen atoms in total. The number of hydrogen-bond donors (Lipinski definition) is 1. The maximum Gasteiger partial charge on any atom is 0.157 e. The Morgan fingerprint density at radius 1 is 1.06 bits per heavy atom. The molecule has 0 aliphatic carbocycles. The molecule has 98 valence electrons. The minimum Gasteiger partial charge on any atom is -0.390 e. The summed E-state index contributed by atoms with van der Waals surface area (Å²) in [5.41, 5.74) is -0.547. The lowest BCUT2D eigenvalue weighted by Gasteiger charge is -2.37. The fourth-order valence-electron chi connectivity index (χ4n) is 3.31. The molecule has 1 N–H and O–H groups in total. The van der Waals surface area contributed by atoms with Crippen LogP contribution in [0.4, 0.5) is 0 Å². The summed E-state index contributed by atoms with van der Waals surface area (Å²) in [7, 11) is 0. The Labute approximate surface area is 102 Å². The van der Waals surface area contributed by atoms with Gasteiger partial charge in [-0.15, -0.1) is 0 Å². The number of hydrogen-bond acceptors (Lipinski definition) is 4. The normalized spacial score (nSPS) is 42.9. The highest BCUT2D eigenvalue weighted by Gasteiger charge is 2.43. The molecule has 2 atom stereocenters. The highest BCUT2D eigenvalue weighted by atomic mass is 16.7. The summed E-state index contributed by atoms with van der Waals surface area (Å²) in [6.07, 6.45) is 6.83. The smallest absolute Gasteiger partial charge is 0.157 e. The maximum absolute atomic E-state index is 10.6. The second kappa shape index (κ2) is 4.84. The van der Waals surface area contributed by atoms with Crippen LogP contribution in [0.2, 0.25) is 0 Å². The Balaban J connectivity index is 1.50. The van der Waals surface area contributed by atoms with E-state index in [-0.39, 0.29) is 18.5 Å². The molecule has 3 rings (SSSR count). The Bertz CT molecular complexity index is 250. The van der Waals surface area contributed by atoms with Crippen LogP contribution in [0.3, 0.4) is 0 Å². The monoisotopic (exact) mass is 242 g/mol. The third-order valence-electron chi connectivity index (χ3n) is 4.15. The fraction of sp³-hybridized carbons (Fsp3) is 1.00. The number of rotatable bonds is 3. The molecular formula is C13H22O4. The van der Waals surface area contributed by atoms with Gasteiger partial charge >= 0.3 is 0 Å². The number of fused-ring (bicyclic) bond motifs is 2. The summed E-state index contributed by atoms with van der Waals surface area (Å²) in [6, 6.07) is 0. The van der Waals surface area contributed by atoms with E-state index in [1.807, 2.05) is 0 Å². The van der Waals surface area contributed by atoms with Crippen LogP contribution in [0.15, 0.2) is 0 Å². The highest BCUT2D eigenvalue weighted by molar-refractivity contribution is 4.94. The van der Waals surface area contributed by atoms with Crippen molar-refractivity contribution in [2.75, 3.05) is 13.2 Å². The van der Waals surface area contributed by atoms with Gasteiger partial charge in [-0.3, -0.25) is 0 Å². The van der Waals surface area contributed by atoms with E-state index in [4.69, 9.17) is 14.2 Å². The third kappa shape index (κ3) is 2.81. The summed E-state index contributed by atoms with van der Waals surface area (Å²) >= 11 is 0. The van der Waals surface area contributed by atoms with Crippen molar-refractivity contribution in [3.63, 3.8) is 0 Å². The topological polar surface area (TPSA) is 47.9 Å². The molecule has 0 aromatic heterocycles. The lowest BCUT2D eigenvalue weighted by atomic mass is 9.86. The van der Waals surface area contributed by atoms with Gasteiger partial charge in [-0.1, -0.05) is 0 Å². The van der Waals surface area contributed by atoms with Crippen LogP contribution < -0.4 is 0 Å². The van der Waals surface area contributed by atoms with Crippen LogP contribution >= 0.6 is 0 Å². The molecule has 17 heavy (non-hydrogen) atoms. The molecule has 0 saturated carbocycles. The van der Waals surface area contributed by atoms with Crippen LogP contribution in [-0.4, -0.2) is 42.4 Å². The van der Waals surface area contributed by atoms with Gasteiger partial charge in [0.1, 0.15) is 0 Å². The van der Waals surface area contributed by atoms with Crippen molar-refractivity contribution >= 4 is 0 Å². The van der Waals surface area contributed by atoms with Gasteiger partial charge in [0.25, 0.3) is 0 Å². The first-order valence-corrected chi connectivity index (χ1v) is 6.85. The van der Waals surface area contributed by atoms with Crippen molar-refractivity contribution in [3.05, 3.63) is 0 Å². The van der Waals surface area contributed by atoms with Crippen molar-refractivity contribution in [1.29, 1.82) is 0 Å². The van der Waals surface area contributed by atoms with E-state index in [9.17, 15) is 5.11 Å². The Morgan fingerprint density at radius 3 is 2.35 bits per heavy atom. The van der Waals surface area contributed by atoms with Gasteiger partial charge in [-0.25, -0.2) is 0 Å². The van der Waals surface area contributed by atoms with Gasteiger partial charge in [-0.05, 0) is 25.7 Å². The molecule has 3 heterocycles. The molecule has 0 aromatic rings. The standard InChI is InChI=1S/C13H22O4/c14-13(5-4-12-15-6-1-7-16-12)8-10-2-3-11(9-13)17-10/h10-12,14H,1-9H2. The first-order valence-electron chi connectivity index (χ1n) is 6.85. The molecule has 2 unspecified atom stereocenters. The van der Waals surface area contributed by atoms with Crippen LogP contribution in [0.5, 0.6) is 0 Å². The molecule has 0 aromatic carbocycles. The summed E-state index contributed by atoms with van der Waals surface area (Å²) in [5, 5.41) is 10.6. The zero-order chi connectivity index (χ0) is 11.7. The Morgan fingerprint density at radius 2 is 1.71 bits per heavy atom. The summed E-state index contributed by atoms with van der Waals surface area (Å²) in [4.78, 5) is 0. The zero-order valence-electron chi connectivity index (χ0n) is 10.3. The van der Waals surface area contributed by atoms with E-state index < -0.39 is 5.60 Å². The quantitative estimate of drug-likeness (QED) is 0.816. The van der Waals surface area contributed by atoms with Crippen molar-refractivity contribution in [1.82, 2.24) is 0 Å². The average Bonchev–Trinajstić information content (AvgIpc) is 2.69. The lowest BCUT2D eigenvalue weighted by Crippen LogP contribution is -2.42. The van der Waals surface area contributed by atoms with Gasteiger partial charge in [0, 0.05) is 19.3 Å². The highest BCUT2D eigenvalue weighted by Crippen LogP contribution is 2.40. The Kier molecular flexibility index (Phi) is 3.39. The molecule has 0 spiro atoms. The predicted octanol–water partition coefficient (Wildman–Crippen LogP) is 1.60. The van der Waals surface area contributed by atoms with Crippen molar-refractivity contribution in [2.45, 2.75) is 69.0 Å². The SMILES string of the molecule is OC1(CCC2OCCCO2)CC2CCC(C1)O2. The summed E-state index contributed by atoms with van der Waals surface area (Å²) in [6.45, 7) is 1.58. The number of ether oxygens (including phenoxy) is 3. The van der Waals surface area contributed by atoms with Crippen LogP contribution in [0.1, 0.15) is 44.9 Å². The minimum atomic E-state index is -0.547. The van der Waals surface area contributed by atoms with Crippen LogP contribution in [0, 0.1) is 0 Å². The molecule has 3 saturated heterocycles. The van der Waals surface area contributed by atoms with Gasteiger partial charge in [0.2, 0.25) is 0 Å². The van der Waals surface area contributed by atoms with Crippen molar-refractivity contribution in [2.24, 2.45) is 0 Å². The molecule has 0 radical (unpaired) electrons. The molecule has 3 aliphatic rings. The van der Waals surface area contributed by atoms with E-state index in [0.29, 0.717) is 0 Å². The minimum absolute atomic E-state index is 0.103. The van der Waals surface area contributed by atoms with Gasteiger partial charge < -0.3 is 19.3 Å². The molecule has 3 fully saturated rings. The maximum atomic E-state index is 10.6. The fourth-order valence-corrected chi connectivity index (χ4v) is 3.31. The molecule has 0 amide bonds. The molecule has 4 heteroatoms. The van der Waals surface area contributed by atoms with Crippen LogP contribution in [-0.2, 0) is 14.2 Å². The molecule has 3 aliphatic heterocycles. The zero-order valence-corrected chi connectivity index (χ0v) is 10.3. The van der Waals surface area contributed by atoms with Gasteiger partial charge in [-0.2, -0.15) is 0 Å². The van der Waals surface area contributed by atoms with Crippen molar-refractivity contribution in [3.8, 4) is 0 Å². The largest absolute Gasteiger partial charge is 0.390 e. The molecular weight excluding hydrogens is 220 g/mol.